The number of benzene rings is 2. The number of fused-ring (bicyclic) bond motifs is 2. The number of aromatic amines is 1. The van der Waals surface area contributed by atoms with Crippen molar-refractivity contribution in [3.63, 3.8) is 0 Å². The van der Waals surface area contributed by atoms with Crippen molar-refractivity contribution in [3.05, 3.63) is 72.3 Å². The fourth-order valence-electron chi connectivity index (χ4n) is 3.33. The van der Waals surface area contributed by atoms with Crippen LogP contribution in [0.2, 0.25) is 0 Å². The molecule has 0 saturated carbocycles. The Bertz CT molecular complexity index is 1040. The maximum absolute atomic E-state index is 5.89. The van der Waals surface area contributed by atoms with Crippen molar-refractivity contribution in [3.8, 4) is 16.9 Å². The molecule has 0 spiro atoms. The number of H-pyrrole nitrogens is 1. The maximum Gasteiger partial charge on any atom is 0.122 e. The van der Waals surface area contributed by atoms with E-state index in [1.54, 1.807) is 6.20 Å². The van der Waals surface area contributed by atoms with Crippen molar-refractivity contribution in [1.82, 2.24) is 20.2 Å². The third-order valence-corrected chi connectivity index (χ3v) is 4.69. The van der Waals surface area contributed by atoms with E-state index in [1.807, 2.05) is 42.7 Å². The van der Waals surface area contributed by atoms with Gasteiger partial charge < -0.3 is 4.74 Å². The van der Waals surface area contributed by atoms with Crippen molar-refractivity contribution in [2.45, 2.75) is 12.3 Å². The highest BCUT2D eigenvalue weighted by Gasteiger charge is 2.22. The number of para-hydroxylation sites is 1. The summed E-state index contributed by atoms with van der Waals surface area (Å²) in [6, 6.07) is 14.3. The van der Waals surface area contributed by atoms with Crippen LogP contribution in [0.1, 0.15) is 17.2 Å². The molecule has 4 aromatic rings. The lowest BCUT2D eigenvalue weighted by Crippen LogP contribution is -2.20. The largest absolute Gasteiger partial charge is 0.493 e. The van der Waals surface area contributed by atoms with Crippen molar-refractivity contribution < 1.29 is 4.74 Å². The summed E-state index contributed by atoms with van der Waals surface area (Å²) in [4.78, 5) is 9.46. The second-order valence-electron chi connectivity index (χ2n) is 6.31. The fraction of sp³-hybridized carbons (Fsp3) is 0.150. The SMILES string of the molecule is c1ccc2c(c1)CC(c1cnc3cc(-c4cn[nH]c4)ccc3n1)CO2. The van der Waals surface area contributed by atoms with Gasteiger partial charge in [0.2, 0.25) is 0 Å². The van der Waals surface area contributed by atoms with E-state index < -0.39 is 0 Å². The van der Waals surface area contributed by atoms with Crippen molar-refractivity contribution in [1.29, 1.82) is 0 Å². The smallest absolute Gasteiger partial charge is 0.122 e. The minimum Gasteiger partial charge on any atom is -0.493 e. The van der Waals surface area contributed by atoms with Crippen molar-refractivity contribution in [2.75, 3.05) is 6.61 Å². The molecule has 0 saturated heterocycles. The van der Waals surface area contributed by atoms with Crippen LogP contribution >= 0.6 is 0 Å². The Balaban J connectivity index is 1.48. The van der Waals surface area contributed by atoms with E-state index in [1.165, 1.54) is 5.56 Å². The number of aromatic nitrogens is 4. The van der Waals surface area contributed by atoms with Gasteiger partial charge in [0.15, 0.2) is 0 Å². The monoisotopic (exact) mass is 328 g/mol. The molecule has 2 aromatic carbocycles. The molecule has 0 fully saturated rings. The van der Waals surface area contributed by atoms with Gasteiger partial charge in [-0.3, -0.25) is 10.1 Å². The lowest BCUT2D eigenvalue weighted by molar-refractivity contribution is 0.260. The zero-order valence-electron chi connectivity index (χ0n) is 13.5. The Morgan fingerprint density at radius 2 is 1.96 bits per heavy atom. The first kappa shape index (κ1) is 14.2. The Morgan fingerprint density at radius 3 is 2.88 bits per heavy atom. The van der Waals surface area contributed by atoms with Gasteiger partial charge in [0.05, 0.1) is 29.5 Å². The molecule has 0 aliphatic carbocycles. The minimum absolute atomic E-state index is 0.236. The van der Waals surface area contributed by atoms with E-state index in [0.29, 0.717) is 6.61 Å². The second kappa shape index (κ2) is 5.70. The normalized spacial score (nSPS) is 16.4. The van der Waals surface area contributed by atoms with Gasteiger partial charge >= 0.3 is 0 Å². The molecule has 25 heavy (non-hydrogen) atoms. The summed E-state index contributed by atoms with van der Waals surface area (Å²) < 4.78 is 5.89. The van der Waals surface area contributed by atoms with Gasteiger partial charge in [0.1, 0.15) is 5.75 Å². The number of hydrogen-bond acceptors (Lipinski definition) is 4. The topological polar surface area (TPSA) is 63.7 Å². The van der Waals surface area contributed by atoms with Crippen LogP contribution in [0.25, 0.3) is 22.2 Å². The molecule has 1 aliphatic heterocycles. The van der Waals surface area contributed by atoms with Crippen LogP contribution in [0, 0.1) is 0 Å². The van der Waals surface area contributed by atoms with E-state index in [-0.39, 0.29) is 5.92 Å². The molecular formula is C20H16N4O. The van der Waals surface area contributed by atoms with Crippen LogP contribution < -0.4 is 4.74 Å². The van der Waals surface area contributed by atoms with Gasteiger partial charge in [0, 0.05) is 23.9 Å². The highest BCUT2D eigenvalue weighted by atomic mass is 16.5. The second-order valence-corrected chi connectivity index (χ2v) is 6.31. The summed E-state index contributed by atoms with van der Waals surface area (Å²) in [7, 11) is 0. The highest BCUT2D eigenvalue weighted by molar-refractivity contribution is 5.81. The Morgan fingerprint density at radius 1 is 1.00 bits per heavy atom. The van der Waals surface area contributed by atoms with Gasteiger partial charge in [-0.1, -0.05) is 24.3 Å². The minimum atomic E-state index is 0.236. The molecular weight excluding hydrogens is 312 g/mol. The van der Waals surface area contributed by atoms with Crippen LogP contribution in [-0.2, 0) is 6.42 Å². The lowest BCUT2D eigenvalue weighted by atomic mass is 9.94. The van der Waals surface area contributed by atoms with Crippen LogP contribution in [0.4, 0.5) is 0 Å². The van der Waals surface area contributed by atoms with Crippen molar-refractivity contribution >= 4 is 11.0 Å². The fourth-order valence-corrected chi connectivity index (χ4v) is 3.33. The first-order chi connectivity index (χ1) is 12.4. The van der Waals surface area contributed by atoms with Gasteiger partial charge in [-0.05, 0) is 35.7 Å². The molecule has 5 rings (SSSR count). The van der Waals surface area contributed by atoms with Gasteiger partial charge in [-0.2, -0.15) is 5.10 Å². The summed E-state index contributed by atoms with van der Waals surface area (Å²) in [6.45, 7) is 0.643. The van der Waals surface area contributed by atoms with E-state index in [4.69, 9.17) is 9.72 Å². The number of ether oxygens (including phenoxy) is 1. The zero-order chi connectivity index (χ0) is 16.6. The van der Waals surface area contributed by atoms with Crippen LogP contribution in [-0.4, -0.2) is 26.8 Å². The van der Waals surface area contributed by atoms with E-state index in [0.717, 1.165) is 40.0 Å². The zero-order valence-corrected chi connectivity index (χ0v) is 13.5. The predicted molar refractivity (Wildman–Crippen MR) is 95.5 cm³/mol. The molecule has 5 heteroatoms. The molecule has 1 atom stereocenters. The molecule has 1 unspecified atom stereocenters. The average Bonchev–Trinajstić information content (AvgIpc) is 3.21. The number of hydrogen-bond donors (Lipinski definition) is 1. The maximum atomic E-state index is 5.89. The third-order valence-electron chi connectivity index (χ3n) is 4.69. The number of nitrogens with one attached hydrogen (secondary N) is 1. The molecule has 0 radical (unpaired) electrons. The standard InChI is InChI=1S/C20H16N4O/c1-2-4-20-14(3-1)7-15(12-25-20)19-11-21-18-8-13(5-6-17(18)24-19)16-9-22-23-10-16/h1-6,8-11,15H,7,12H2,(H,22,23). The van der Waals surface area contributed by atoms with Gasteiger partial charge in [0.25, 0.3) is 0 Å². The Kier molecular flexibility index (Phi) is 3.23. The molecule has 0 amide bonds. The molecule has 0 bridgehead atoms. The van der Waals surface area contributed by atoms with Crippen LogP contribution in [0.3, 0.4) is 0 Å². The molecule has 2 aromatic heterocycles. The van der Waals surface area contributed by atoms with E-state index in [2.05, 4.69) is 27.3 Å². The van der Waals surface area contributed by atoms with Gasteiger partial charge in [-0.15, -0.1) is 0 Å². The summed E-state index contributed by atoms with van der Waals surface area (Å²) in [5.74, 6) is 1.22. The Hall–Kier alpha value is -3.21. The molecule has 3 heterocycles. The van der Waals surface area contributed by atoms with Gasteiger partial charge in [-0.25, -0.2) is 4.98 Å². The molecule has 1 N–H and O–H groups in total. The summed E-state index contributed by atoms with van der Waals surface area (Å²) in [6.07, 6.45) is 6.49. The average molecular weight is 328 g/mol. The quantitative estimate of drug-likeness (QED) is 0.609. The van der Waals surface area contributed by atoms with E-state index in [9.17, 15) is 0 Å². The first-order valence-corrected chi connectivity index (χ1v) is 8.33. The predicted octanol–water partition coefficient (Wildman–Crippen LogP) is 3.74. The summed E-state index contributed by atoms with van der Waals surface area (Å²) in [5.41, 5.74) is 6.14. The summed E-state index contributed by atoms with van der Waals surface area (Å²) >= 11 is 0. The number of rotatable bonds is 2. The molecule has 122 valence electrons. The third kappa shape index (κ3) is 2.54. The number of nitrogens with zero attached hydrogens (tertiary/aromatic N) is 3. The Labute approximate surface area is 144 Å². The highest BCUT2D eigenvalue weighted by Crippen LogP contribution is 2.32. The molecule has 1 aliphatic rings. The molecule has 5 nitrogen and oxygen atoms in total. The van der Waals surface area contributed by atoms with Crippen LogP contribution in [0.15, 0.2) is 61.1 Å². The lowest BCUT2D eigenvalue weighted by Gasteiger charge is -2.24. The van der Waals surface area contributed by atoms with E-state index >= 15 is 0 Å². The van der Waals surface area contributed by atoms with Crippen molar-refractivity contribution in [2.24, 2.45) is 0 Å². The van der Waals surface area contributed by atoms with Crippen LogP contribution in [0.5, 0.6) is 5.75 Å². The summed E-state index contributed by atoms with van der Waals surface area (Å²) in [5, 5.41) is 6.83. The first-order valence-electron chi connectivity index (χ1n) is 8.33.